The summed E-state index contributed by atoms with van der Waals surface area (Å²) in [6.07, 6.45) is 0.931. The molecule has 0 aromatic heterocycles. The molecule has 0 aliphatic carbocycles. The molecule has 3 atom stereocenters. The molecule has 3 N–H and O–H groups in total. The summed E-state index contributed by atoms with van der Waals surface area (Å²) < 4.78 is 0. The Kier molecular flexibility index (Phi) is 7.40. The van der Waals surface area contributed by atoms with E-state index in [1.165, 1.54) is 5.56 Å². The van der Waals surface area contributed by atoms with Crippen LogP contribution in [0.1, 0.15) is 32.8 Å². The lowest BCUT2D eigenvalue weighted by Crippen LogP contribution is -2.40. The third-order valence-corrected chi connectivity index (χ3v) is 4.09. The van der Waals surface area contributed by atoms with Gasteiger partial charge in [-0.1, -0.05) is 37.3 Å². The number of nitrogens with two attached hydrogens (primary N) is 1. The average Bonchev–Trinajstić information content (AvgIpc) is 2.46. The van der Waals surface area contributed by atoms with Gasteiger partial charge in [-0.3, -0.25) is 9.69 Å². The molecule has 1 aromatic carbocycles. The highest BCUT2D eigenvalue weighted by atomic mass is 16.1. The monoisotopic (exact) mass is 291 g/mol. The summed E-state index contributed by atoms with van der Waals surface area (Å²) >= 11 is 0. The smallest absolute Gasteiger partial charge is 0.224 e. The fourth-order valence-corrected chi connectivity index (χ4v) is 2.05. The van der Waals surface area contributed by atoms with Gasteiger partial charge >= 0.3 is 0 Å². The highest BCUT2D eigenvalue weighted by Gasteiger charge is 2.17. The van der Waals surface area contributed by atoms with Gasteiger partial charge in [-0.05, 0) is 32.9 Å². The molecule has 0 fully saturated rings. The quantitative estimate of drug-likeness (QED) is 0.770. The van der Waals surface area contributed by atoms with Crippen molar-refractivity contribution in [2.75, 3.05) is 13.6 Å². The minimum absolute atomic E-state index is 0.0444. The standard InChI is InChI=1S/C17H29N3O/c1-13(10-11-19-17(21)14(2)15(3)18)20(4)12-16-8-6-5-7-9-16/h5-9,13-15H,10-12,18H2,1-4H3,(H,19,21). The van der Waals surface area contributed by atoms with Crippen molar-refractivity contribution in [3.8, 4) is 0 Å². The number of benzene rings is 1. The van der Waals surface area contributed by atoms with E-state index in [4.69, 9.17) is 5.73 Å². The summed E-state index contributed by atoms with van der Waals surface area (Å²) in [5.41, 5.74) is 7.04. The van der Waals surface area contributed by atoms with E-state index in [9.17, 15) is 4.79 Å². The minimum Gasteiger partial charge on any atom is -0.356 e. The Morgan fingerprint density at radius 3 is 2.43 bits per heavy atom. The average molecular weight is 291 g/mol. The van der Waals surface area contributed by atoms with E-state index in [1.54, 1.807) is 0 Å². The molecule has 1 rings (SSSR count). The van der Waals surface area contributed by atoms with Crippen LogP contribution in [0.2, 0.25) is 0 Å². The van der Waals surface area contributed by atoms with E-state index in [1.807, 2.05) is 19.9 Å². The van der Waals surface area contributed by atoms with Crippen LogP contribution in [0.15, 0.2) is 30.3 Å². The lowest BCUT2D eigenvalue weighted by Gasteiger charge is -2.25. The van der Waals surface area contributed by atoms with Gasteiger partial charge in [0.1, 0.15) is 0 Å². The molecule has 118 valence electrons. The zero-order chi connectivity index (χ0) is 15.8. The summed E-state index contributed by atoms with van der Waals surface area (Å²) in [6.45, 7) is 7.53. The Morgan fingerprint density at radius 1 is 1.24 bits per heavy atom. The molecule has 0 saturated carbocycles. The zero-order valence-electron chi connectivity index (χ0n) is 13.7. The van der Waals surface area contributed by atoms with E-state index in [2.05, 4.69) is 48.5 Å². The molecule has 0 aliphatic heterocycles. The number of carbonyl (C=O) groups is 1. The molecular weight excluding hydrogens is 262 g/mol. The first kappa shape index (κ1) is 17.7. The molecule has 0 radical (unpaired) electrons. The van der Waals surface area contributed by atoms with Gasteiger partial charge in [0.05, 0.1) is 0 Å². The second-order valence-electron chi connectivity index (χ2n) is 5.98. The Bertz CT molecular complexity index is 419. The second-order valence-corrected chi connectivity index (χ2v) is 5.98. The van der Waals surface area contributed by atoms with Crippen molar-refractivity contribution in [1.82, 2.24) is 10.2 Å². The number of amides is 1. The maximum Gasteiger partial charge on any atom is 0.224 e. The van der Waals surface area contributed by atoms with Crippen LogP contribution in [-0.2, 0) is 11.3 Å². The molecule has 0 aliphatic rings. The summed E-state index contributed by atoms with van der Waals surface area (Å²) in [5, 5.41) is 2.97. The molecule has 4 nitrogen and oxygen atoms in total. The van der Waals surface area contributed by atoms with Gasteiger partial charge in [0.25, 0.3) is 0 Å². The van der Waals surface area contributed by atoms with Crippen molar-refractivity contribution < 1.29 is 4.79 Å². The summed E-state index contributed by atoms with van der Waals surface area (Å²) in [7, 11) is 2.12. The van der Waals surface area contributed by atoms with Crippen molar-refractivity contribution in [1.29, 1.82) is 0 Å². The number of nitrogens with one attached hydrogen (secondary N) is 1. The maximum absolute atomic E-state index is 11.8. The van der Waals surface area contributed by atoms with Crippen LogP contribution in [0, 0.1) is 5.92 Å². The Hall–Kier alpha value is -1.39. The van der Waals surface area contributed by atoms with Crippen molar-refractivity contribution in [3.05, 3.63) is 35.9 Å². The van der Waals surface area contributed by atoms with Gasteiger partial charge in [-0.15, -0.1) is 0 Å². The number of rotatable bonds is 8. The molecule has 0 heterocycles. The molecule has 1 amide bonds. The van der Waals surface area contributed by atoms with Gasteiger partial charge in [0.2, 0.25) is 5.91 Å². The highest BCUT2D eigenvalue weighted by molar-refractivity contribution is 5.78. The molecule has 0 bridgehead atoms. The molecule has 1 aromatic rings. The Balaban J connectivity index is 2.30. The lowest BCUT2D eigenvalue weighted by atomic mass is 10.0. The van der Waals surface area contributed by atoms with Crippen LogP contribution in [0.3, 0.4) is 0 Å². The Labute approximate surface area is 128 Å². The lowest BCUT2D eigenvalue weighted by molar-refractivity contribution is -0.124. The SMILES string of the molecule is CC(N)C(C)C(=O)NCCC(C)N(C)Cc1ccccc1. The van der Waals surface area contributed by atoms with Gasteiger partial charge in [-0.2, -0.15) is 0 Å². The number of carbonyl (C=O) groups excluding carboxylic acids is 1. The van der Waals surface area contributed by atoms with Crippen LogP contribution in [-0.4, -0.2) is 36.5 Å². The fraction of sp³-hybridized carbons (Fsp3) is 0.588. The first-order valence-corrected chi connectivity index (χ1v) is 7.69. The summed E-state index contributed by atoms with van der Waals surface area (Å²) in [4.78, 5) is 14.1. The van der Waals surface area contributed by atoms with E-state index in [0.29, 0.717) is 12.6 Å². The summed E-state index contributed by atoms with van der Waals surface area (Å²) in [5.74, 6) is -0.0923. The Morgan fingerprint density at radius 2 is 1.86 bits per heavy atom. The molecule has 4 heteroatoms. The number of nitrogens with zero attached hydrogens (tertiary/aromatic N) is 1. The molecule has 0 spiro atoms. The molecular formula is C17H29N3O. The van der Waals surface area contributed by atoms with Crippen LogP contribution >= 0.6 is 0 Å². The first-order chi connectivity index (χ1) is 9.91. The van der Waals surface area contributed by atoms with Crippen LogP contribution in [0.5, 0.6) is 0 Å². The minimum atomic E-state index is -0.137. The molecule has 21 heavy (non-hydrogen) atoms. The summed E-state index contributed by atoms with van der Waals surface area (Å²) in [6, 6.07) is 10.7. The van der Waals surface area contributed by atoms with Gasteiger partial charge in [-0.25, -0.2) is 0 Å². The molecule has 0 saturated heterocycles. The predicted molar refractivity (Wildman–Crippen MR) is 87.8 cm³/mol. The van der Waals surface area contributed by atoms with Crippen molar-refractivity contribution in [2.24, 2.45) is 11.7 Å². The third kappa shape index (κ3) is 6.27. The van der Waals surface area contributed by atoms with Crippen molar-refractivity contribution >= 4 is 5.91 Å². The topological polar surface area (TPSA) is 58.4 Å². The third-order valence-electron chi connectivity index (χ3n) is 4.09. The van der Waals surface area contributed by atoms with Gasteiger partial charge in [0.15, 0.2) is 0 Å². The van der Waals surface area contributed by atoms with Crippen LogP contribution in [0.25, 0.3) is 0 Å². The zero-order valence-corrected chi connectivity index (χ0v) is 13.7. The first-order valence-electron chi connectivity index (χ1n) is 7.69. The number of hydrogen-bond donors (Lipinski definition) is 2. The van der Waals surface area contributed by atoms with Crippen molar-refractivity contribution in [2.45, 2.75) is 45.8 Å². The van der Waals surface area contributed by atoms with Gasteiger partial charge in [0, 0.05) is 31.1 Å². The van der Waals surface area contributed by atoms with Crippen molar-refractivity contribution in [3.63, 3.8) is 0 Å². The predicted octanol–water partition coefficient (Wildman–Crippen LogP) is 2.00. The fourth-order valence-electron chi connectivity index (χ4n) is 2.05. The largest absolute Gasteiger partial charge is 0.356 e. The van der Waals surface area contributed by atoms with E-state index < -0.39 is 0 Å². The highest BCUT2D eigenvalue weighted by Crippen LogP contribution is 2.08. The second kappa shape index (κ2) is 8.80. The normalized spacial score (nSPS) is 15.5. The van der Waals surface area contributed by atoms with Gasteiger partial charge < -0.3 is 11.1 Å². The molecule has 3 unspecified atom stereocenters. The van der Waals surface area contributed by atoms with E-state index in [0.717, 1.165) is 13.0 Å². The van der Waals surface area contributed by atoms with Crippen LogP contribution in [0.4, 0.5) is 0 Å². The van der Waals surface area contributed by atoms with E-state index in [-0.39, 0.29) is 17.9 Å². The maximum atomic E-state index is 11.8. The number of hydrogen-bond acceptors (Lipinski definition) is 3. The van der Waals surface area contributed by atoms with Crippen LogP contribution < -0.4 is 11.1 Å². The van der Waals surface area contributed by atoms with E-state index >= 15 is 0 Å².